The number of hydrogen-bond acceptors (Lipinski definition) is 7. The van der Waals surface area contributed by atoms with E-state index in [2.05, 4.69) is 31.0 Å². The number of pyridine rings is 1. The molecular formula is C20H19N7O2. The molecule has 0 unspecified atom stereocenters. The average Bonchev–Trinajstić information content (AvgIpc) is 3.15. The monoisotopic (exact) mass is 389 g/mol. The van der Waals surface area contributed by atoms with Crippen LogP contribution >= 0.6 is 0 Å². The summed E-state index contributed by atoms with van der Waals surface area (Å²) < 4.78 is 7.53. The molecule has 1 atom stereocenters. The van der Waals surface area contributed by atoms with Crippen LogP contribution < -0.4 is 20.7 Å². The number of amides is 1. The quantitative estimate of drug-likeness (QED) is 0.459. The number of carbonyl (C=O) groups is 1. The van der Waals surface area contributed by atoms with Crippen LogP contribution in [0.3, 0.4) is 0 Å². The minimum absolute atomic E-state index is 0.215. The Balaban J connectivity index is 1.71. The van der Waals surface area contributed by atoms with Crippen molar-refractivity contribution in [2.24, 2.45) is 0 Å². The van der Waals surface area contributed by atoms with Crippen LogP contribution in [-0.4, -0.2) is 45.2 Å². The van der Waals surface area contributed by atoms with Gasteiger partial charge in [0.15, 0.2) is 17.2 Å². The predicted octanol–water partition coefficient (Wildman–Crippen LogP) is 2.57. The molecule has 3 N–H and O–H groups in total. The number of fused-ring (bicyclic) bond motifs is 2. The smallest absolute Gasteiger partial charge is 0.271 e. The van der Waals surface area contributed by atoms with E-state index in [-0.39, 0.29) is 11.9 Å². The number of hydrogen-bond donors (Lipinski definition) is 3. The third-order valence-corrected chi connectivity index (χ3v) is 4.81. The Labute approximate surface area is 166 Å². The zero-order valence-corrected chi connectivity index (χ0v) is 15.9. The minimum Gasteiger partial charge on any atom is -0.491 e. The van der Waals surface area contributed by atoms with E-state index < -0.39 is 0 Å². The van der Waals surface area contributed by atoms with Crippen molar-refractivity contribution in [3.05, 3.63) is 48.4 Å². The van der Waals surface area contributed by atoms with E-state index in [1.165, 1.54) is 10.7 Å². The standard InChI is InChI=1S/C20H19N7O2/c1-11-10-29-17-5-6-22-14-4-3-12(7-13(14)17)25-18-8-15(21-2)19-23-9-16(20(28)24-11)27(19)26-18/h3-9,11,21H,10H2,1-2H3,(H,24,28)(H,25,26)/t11-/m1/s1. The maximum absolute atomic E-state index is 12.8. The Bertz CT molecular complexity index is 1250. The molecule has 4 heterocycles. The van der Waals surface area contributed by atoms with Crippen LogP contribution in [0.2, 0.25) is 0 Å². The van der Waals surface area contributed by atoms with E-state index in [1.807, 2.05) is 37.3 Å². The largest absolute Gasteiger partial charge is 0.491 e. The van der Waals surface area contributed by atoms with Crippen molar-refractivity contribution in [3.63, 3.8) is 0 Å². The Morgan fingerprint density at radius 1 is 1.24 bits per heavy atom. The number of anilines is 3. The molecule has 1 amide bonds. The molecule has 0 saturated carbocycles. The van der Waals surface area contributed by atoms with Gasteiger partial charge in [0.1, 0.15) is 12.4 Å². The molecule has 0 spiro atoms. The fraction of sp³-hybridized carbons (Fsp3) is 0.200. The highest BCUT2D eigenvalue weighted by atomic mass is 16.5. The van der Waals surface area contributed by atoms with E-state index in [9.17, 15) is 4.79 Å². The molecule has 4 bridgehead atoms. The van der Waals surface area contributed by atoms with Gasteiger partial charge in [-0.15, -0.1) is 5.10 Å². The number of imidazole rings is 1. The highest BCUT2D eigenvalue weighted by Crippen LogP contribution is 2.29. The van der Waals surface area contributed by atoms with Gasteiger partial charge < -0.3 is 20.7 Å². The van der Waals surface area contributed by atoms with E-state index in [0.717, 1.165) is 22.3 Å². The van der Waals surface area contributed by atoms with Gasteiger partial charge in [0, 0.05) is 30.4 Å². The van der Waals surface area contributed by atoms with E-state index >= 15 is 0 Å². The van der Waals surface area contributed by atoms with Gasteiger partial charge in [-0.2, -0.15) is 0 Å². The van der Waals surface area contributed by atoms with Crippen LogP contribution in [-0.2, 0) is 0 Å². The van der Waals surface area contributed by atoms with Gasteiger partial charge in [-0.05, 0) is 31.2 Å². The fourth-order valence-corrected chi connectivity index (χ4v) is 3.40. The van der Waals surface area contributed by atoms with Gasteiger partial charge in [0.2, 0.25) is 0 Å². The van der Waals surface area contributed by atoms with Crippen LogP contribution in [0.1, 0.15) is 17.4 Å². The van der Waals surface area contributed by atoms with E-state index in [0.29, 0.717) is 29.5 Å². The lowest BCUT2D eigenvalue weighted by molar-refractivity contribution is 0.0920. The van der Waals surface area contributed by atoms with Crippen molar-refractivity contribution < 1.29 is 9.53 Å². The Morgan fingerprint density at radius 2 is 2.14 bits per heavy atom. The molecule has 9 heteroatoms. The zero-order valence-electron chi connectivity index (χ0n) is 15.9. The topological polar surface area (TPSA) is 105 Å². The summed E-state index contributed by atoms with van der Waals surface area (Å²) in [6.45, 7) is 2.21. The summed E-state index contributed by atoms with van der Waals surface area (Å²) in [4.78, 5) is 21.6. The molecule has 5 rings (SSSR count). The first-order chi connectivity index (χ1) is 14.1. The summed E-state index contributed by atoms with van der Waals surface area (Å²) in [5, 5.41) is 14.8. The second kappa shape index (κ2) is 6.62. The Morgan fingerprint density at radius 3 is 3.00 bits per heavy atom. The number of nitrogens with one attached hydrogen (secondary N) is 3. The molecule has 29 heavy (non-hydrogen) atoms. The lowest BCUT2D eigenvalue weighted by Gasteiger charge is -2.17. The van der Waals surface area contributed by atoms with Crippen molar-refractivity contribution in [2.75, 3.05) is 24.3 Å². The molecule has 1 aromatic carbocycles. The highest BCUT2D eigenvalue weighted by Gasteiger charge is 2.19. The molecule has 1 aliphatic heterocycles. The van der Waals surface area contributed by atoms with Gasteiger partial charge in [-0.3, -0.25) is 9.78 Å². The molecule has 9 nitrogen and oxygen atoms in total. The number of rotatable bonds is 1. The van der Waals surface area contributed by atoms with Crippen molar-refractivity contribution in [2.45, 2.75) is 13.0 Å². The number of benzene rings is 1. The van der Waals surface area contributed by atoms with Crippen molar-refractivity contribution in [1.29, 1.82) is 0 Å². The summed E-state index contributed by atoms with van der Waals surface area (Å²) >= 11 is 0. The molecule has 1 aliphatic rings. The maximum Gasteiger partial charge on any atom is 0.271 e. The fourth-order valence-electron chi connectivity index (χ4n) is 3.40. The van der Waals surface area contributed by atoms with E-state index in [1.54, 1.807) is 13.2 Å². The summed E-state index contributed by atoms with van der Waals surface area (Å²) in [7, 11) is 1.80. The summed E-state index contributed by atoms with van der Waals surface area (Å²) in [5.41, 5.74) is 3.34. The molecular weight excluding hydrogens is 370 g/mol. The lowest BCUT2D eigenvalue weighted by Crippen LogP contribution is -2.37. The average molecular weight is 389 g/mol. The number of nitrogens with zero attached hydrogens (tertiary/aromatic N) is 4. The number of ether oxygens (including phenoxy) is 1. The molecule has 0 aliphatic carbocycles. The Kier molecular flexibility index (Phi) is 3.94. The van der Waals surface area contributed by atoms with Crippen LogP contribution in [0, 0.1) is 0 Å². The second-order valence-corrected chi connectivity index (χ2v) is 6.92. The van der Waals surface area contributed by atoms with Crippen molar-refractivity contribution in [1.82, 2.24) is 24.9 Å². The lowest BCUT2D eigenvalue weighted by atomic mass is 10.2. The summed E-state index contributed by atoms with van der Waals surface area (Å²) in [6, 6.07) is 9.30. The molecule has 4 aromatic rings. The third kappa shape index (κ3) is 2.96. The summed E-state index contributed by atoms with van der Waals surface area (Å²) in [5.74, 6) is 1.02. The van der Waals surface area contributed by atoms with Crippen LogP contribution in [0.15, 0.2) is 42.7 Å². The Hall–Kier alpha value is -3.88. The van der Waals surface area contributed by atoms with Gasteiger partial charge in [0.05, 0.1) is 23.4 Å². The SMILES string of the molecule is CNc1cc2nn3c(cnc13)C(=O)N[C@H](C)COc1ccnc3ccc(cc13)N2. The van der Waals surface area contributed by atoms with E-state index in [4.69, 9.17) is 4.74 Å². The van der Waals surface area contributed by atoms with Gasteiger partial charge >= 0.3 is 0 Å². The second-order valence-electron chi connectivity index (χ2n) is 6.92. The van der Waals surface area contributed by atoms with Crippen LogP contribution in [0.5, 0.6) is 5.75 Å². The van der Waals surface area contributed by atoms with Crippen LogP contribution in [0.25, 0.3) is 16.6 Å². The number of aromatic nitrogens is 4. The van der Waals surface area contributed by atoms with Crippen molar-refractivity contribution >= 4 is 39.6 Å². The first-order valence-electron chi connectivity index (χ1n) is 9.28. The first kappa shape index (κ1) is 17.2. The molecule has 146 valence electrons. The van der Waals surface area contributed by atoms with Gasteiger partial charge in [-0.1, -0.05) is 0 Å². The number of carbonyl (C=O) groups excluding carboxylic acids is 1. The van der Waals surface area contributed by atoms with Crippen LogP contribution in [0.4, 0.5) is 17.2 Å². The maximum atomic E-state index is 12.8. The summed E-state index contributed by atoms with van der Waals surface area (Å²) in [6.07, 6.45) is 3.24. The normalized spacial score (nSPS) is 16.3. The third-order valence-electron chi connectivity index (χ3n) is 4.81. The molecule has 0 saturated heterocycles. The first-order valence-corrected chi connectivity index (χ1v) is 9.28. The zero-order chi connectivity index (χ0) is 20.0. The molecule has 0 radical (unpaired) electrons. The highest BCUT2D eigenvalue weighted by molar-refractivity contribution is 5.94. The van der Waals surface area contributed by atoms with Gasteiger partial charge in [-0.25, -0.2) is 9.50 Å². The van der Waals surface area contributed by atoms with Crippen molar-refractivity contribution in [3.8, 4) is 5.75 Å². The minimum atomic E-state index is -0.268. The van der Waals surface area contributed by atoms with Gasteiger partial charge in [0.25, 0.3) is 5.91 Å². The molecule has 3 aromatic heterocycles. The molecule has 0 fully saturated rings. The predicted molar refractivity (Wildman–Crippen MR) is 110 cm³/mol.